The number of hydrogen-bond acceptors (Lipinski definition) is 2. The molecule has 2 aliphatic rings. The third kappa shape index (κ3) is 2.29. The van der Waals surface area contributed by atoms with Gasteiger partial charge in [-0.3, -0.25) is 4.90 Å². The molecule has 0 radical (unpaired) electrons. The lowest BCUT2D eigenvalue weighted by atomic mass is 9.82. The van der Waals surface area contributed by atoms with Gasteiger partial charge in [-0.25, -0.2) is 0 Å². The lowest BCUT2D eigenvalue weighted by Crippen LogP contribution is -2.52. The Morgan fingerprint density at radius 1 is 1.21 bits per heavy atom. The lowest BCUT2D eigenvalue weighted by molar-refractivity contribution is 0.168. The quantitative estimate of drug-likeness (QED) is 0.733. The van der Waals surface area contributed by atoms with Crippen LogP contribution in [0, 0.1) is 0 Å². The molecule has 1 saturated heterocycles. The highest BCUT2D eigenvalue weighted by Gasteiger charge is 2.32. The highest BCUT2D eigenvalue weighted by Crippen LogP contribution is 2.29. The Morgan fingerprint density at radius 2 is 1.93 bits per heavy atom. The number of rotatable bonds is 2. The minimum atomic E-state index is 0.150. The van der Waals surface area contributed by atoms with E-state index in [0.717, 1.165) is 12.6 Å². The second kappa shape index (κ2) is 4.19. The maximum atomic E-state index is 6.46. The van der Waals surface area contributed by atoms with Crippen LogP contribution in [0.4, 0.5) is 0 Å². The summed E-state index contributed by atoms with van der Waals surface area (Å²) in [7, 11) is 0. The smallest absolute Gasteiger partial charge is 0.0283 e. The van der Waals surface area contributed by atoms with Gasteiger partial charge in [0.2, 0.25) is 0 Å². The fourth-order valence-corrected chi connectivity index (χ4v) is 3.05. The molecule has 2 fully saturated rings. The first-order valence-corrected chi connectivity index (χ1v) is 6.23. The van der Waals surface area contributed by atoms with E-state index >= 15 is 0 Å². The molecule has 0 aromatic rings. The average Bonchev–Trinajstić information content (AvgIpc) is 2.52. The molecule has 1 aliphatic carbocycles. The summed E-state index contributed by atoms with van der Waals surface area (Å²) in [5.41, 5.74) is 6.61. The van der Waals surface area contributed by atoms with Crippen molar-refractivity contribution in [1.29, 1.82) is 0 Å². The molecule has 2 nitrogen and oxygen atoms in total. The molecule has 1 aliphatic heterocycles. The van der Waals surface area contributed by atoms with Gasteiger partial charge in [0.05, 0.1) is 0 Å². The van der Waals surface area contributed by atoms with E-state index in [2.05, 4.69) is 11.8 Å². The predicted molar refractivity (Wildman–Crippen MR) is 60.3 cm³/mol. The van der Waals surface area contributed by atoms with Crippen LogP contribution in [0.15, 0.2) is 0 Å². The van der Waals surface area contributed by atoms with E-state index in [-0.39, 0.29) is 5.54 Å². The van der Waals surface area contributed by atoms with Crippen LogP contribution in [0.3, 0.4) is 0 Å². The molecule has 1 saturated carbocycles. The van der Waals surface area contributed by atoms with Crippen LogP contribution in [0.5, 0.6) is 0 Å². The fourth-order valence-electron chi connectivity index (χ4n) is 3.05. The van der Waals surface area contributed by atoms with Crippen LogP contribution in [0.1, 0.15) is 51.9 Å². The molecule has 1 unspecified atom stereocenters. The maximum Gasteiger partial charge on any atom is 0.0283 e. The molecule has 2 rings (SSSR count). The van der Waals surface area contributed by atoms with Crippen LogP contribution >= 0.6 is 0 Å². The molecule has 0 bridgehead atoms. The Kier molecular flexibility index (Phi) is 3.13. The summed E-state index contributed by atoms with van der Waals surface area (Å²) in [6, 6.07) is 0.775. The van der Waals surface area contributed by atoms with Gasteiger partial charge in [0, 0.05) is 18.1 Å². The van der Waals surface area contributed by atoms with E-state index in [4.69, 9.17) is 5.73 Å². The SMILES string of the molecule is CC1CCCN1CC1(N)CCCCC1. The van der Waals surface area contributed by atoms with Gasteiger partial charge in [0.1, 0.15) is 0 Å². The topological polar surface area (TPSA) is 29.3 Å². The molecule has 0 aromatic carbocycles. The zero-order chi connectivity index (χ0) is 10.0. The summed E-state index contributed by atoms with van der Waals surface area (Å²) in [6.07, 6.45) is 9.33. The minimum absolute atomic E-state index is 0.150. The van der Waals surface area contributed by atoms with E-state index in [9.17, 15) is 0 Å². The molecule has 0 spiro atoms. The van der Waals surface area contributed by atoms with Gasteiger partial charge in [-0.2, -0.15) is 0 Å². The van der Waals surface area contributed by atoms with Gasteiger partial charge in [-0.05, 0) is 39.2 Å². The molecule has 1 atom stereocenters. The number of likely N-dealkylation sites (tertiary alicyclic amines) is 1. The molecule has 2 heteroatoms. The second-order valence-electron chi connectivity index (χ2n) is 5.38. The Hall–Kier alpha value is -0.0800. The Labute approximate surface area is 87.8 Å². The van der Waals surface area contributed by atoms with Gasteiger partial charge in [-0.15, -0.1) is 0 Å². The third-order valence-corrected chi connectivity index (χ3v) is 4.06. The summed E-state index contributed by atoms with van der Waals surface area (Å²) in [4.78, 5) is 2.60. The Morgan fingerprint density at radius 3 is 2.50 bits per heavy atom. The van der Waals surface area contributed by atoms with Crippen molar-refractivity contribution in [1.82, 2.24) is 4.90 Å². The normalized spacial score (nSPS) is 33.4. The summed E-state index contributed by atoms with van der Waals surface area (Å²) in [5, 5.41) is 0. The third-order valence-electron chi connectivity index (χ3n) is 4.06. The van der Waals surface area contributed by atoms with Crippen molar-refractivity contribution in [2.24, 2.45) is 5.73 Å². The van der Waals surface area contributed by atoms with Crippen molar-refractivity contribution in [2.75, 3.05) is 13.1 Å². The first-order chi connectivity index (χ1) is 6.70. The summed E-state index contributed by atoms with van der Waals surface area (Å²) < 4.78 is 0. The molecule has 0 amide bonds. The molecular formula is C12H24N2. The monoisotopic (exact) mass is 196 g/mol. The van der Waals surface area contributed by atoms with Crippen LogP contribution in [0.25, 0.3) is 0 Å². The van der Waals surface area contributed by atoms with Crippen molar-refractivity contribution in [3.05, 3.63) is 0 Å². The van der Waals surface area contributed by atoms with E-state index in [1.165, 1.54) is 51.5 Å². The number of nitrogens with two attached hydrogens (primary N) is 1. The highest BCUT2D eigenvalue weighted by molar-refractivity contribution is 4.92. The summed E-state index contributed by atoms with van der Waals surface area (Å²) >= 11 is 0. The van der Waals surface area contributed by atoms with Gasteiger partial charge in [0.15, 0.2) is 0 Å². The van der Waals surface area contributed by atoms with Crippen molar-refractivity contribution in [3.63, 3.8) is 0 Å². The Bertz CT molecular complexity index is 185. The summed E-state index contributed by atoms with van der Waals surface area (Å²) in [6.45, 7) is 4.77. The molecule has 14 heavy (non-hydrogen) atoms. The predicted octanol–water partition coefficient (Wildman–Crippen LogP) is 2.13. The summed E-state index contributed by atoms with van der Waals surface area (Å²) in [5.74, 6) is 0. The number of hydrogen-bond donors (Lipinski definition) is 1. The zero-order valence-electron chi connectivity index (χ0n) is 9.47. The molecule has 2 N–H and O–H groups in total. The van der Waals surface area contributed by atoms with Crippen molar-refractivity contribution in [3.8, 4) is 0 Å². The standard InChI is InChI=1S/C12H24N2/c1-11-6-5-9-14(11)10-12(13)7-3-2-4-8-12/h11H,2-10,13H2,1H3. The minimum Gasteiger partial charge on any atom is -0.324 e. The maximum absolute atomic E-state index is 6.46. The van der Waals surface area contributed by atoms with Crippen LogP contribution < -0.4 is 5.73 Å². The van der Waals surface area contributed by atoms with E-state index in [0.29, 0.717) is 0 Å². The largest absolute Gasteiger partial charge is 0.324 e. The van der Waals surface area contributed by atoms with Crippen molar-refractivity contribution in [2.45, 2.75) is 63.5 Å². The molecule has 82 valence electrons. The van der Waals surface area contributed by atoms with E-state index in [1.807, 2.05) is 0 Å². The first-order valence-electron chi connectivity index (χ1n) is 6.23. The number of nitrogens with zero attached hydrogens (tertiary/aromatic N) is 1. The van der Waals surface area contributed by atoms with Crippen LogP contribution in [-0.4, -0.2) is 29.6 Å². The molecule has 1 heterocycles. The van der Waals surface area contributed by atoms with Gasteiger partial charge < -0.3 is 5.73 Å². The van der Waals surface area contributed by atoms with Gasteiger partial charge >= 0.3 is 0 Å². The molecular weight excluding hydrogens is 172 g/mol. The van der Waals surface area contributed by atoms with E-state index in [1.54, 1.807) is 0 Å². The van der Waals surface area contributed by atoms with Crippen molar-refractivity contribution < 1.29 is 0 Å². The van der Waals surface area contributed by atoms with Crippen molar-refractivity contribution >= 4 is 0 Å². The van der Waals surface area contributed by atoms with Crippen LogP contribution in [-0.2, 0) is 0 Å². The molecule has 0 aromatic heterocycles. The van der Waals surface area contributed by atoms with Gasteiger partial charge in [0.25, 0.3) is 0 Å². The van der Waals surface area contributed by atoms with Gasteiger partial charge in [-0.1, -0.05) is 19.3 Å². The van der Waals surface area contributed by atoms with Crippen LogP contribution in [0.2, 0.25) is 0 Å². The second-order valence-corrected chi connectivity index (χ2v) is 5.38. The van der Waals surface area contributed by atoms with E-state index < -0.39 is 0 Å². The highest BCUT2D eigenvalue weighted by atomic mass is 15.2. The fraction of sp³-hybridized carbons (Fsp3) is 1.00. The average molecular weight is 196 g/mol. The Balaban J connectivity index is 1.88. The lowest BCUT2D eigenvalue weighted by Gasteiger charge is -2.38. The zero-order valence-corrected chi connectivity index (χ0v) is 9.47. The first kappa shape index (κ1) is 10.4.